The first-order valence-corrected chi connectivity index (χ1v) is 7.51. The fourth-order valence-electron chi connectivity index (χ4n) is 2.12. The second-order valence-corrected chi connectivity index (χ2v) is 6.09. The van der Waals surface area contributed by atoms with Crippen molar-refractivity contribution < 1.29 is 4.39 Å². The lowest BCUT2D eigenvalue weighted by Gasteiger charge is -2.19. The van der Waals surface area contributed by atoms with Gasteiger partial charge < -0.3 is 0 Å². The molecule has 0 heterocycles. The van der Waals surface area contributed by atoms with Crippen LogP contribution in [0, 0.1) is 11.7 Å². The summed E-state index contributed by atoms with van der Waals surface area (Å²) in [5.74, 6) is 0.0175. The fraction of sp³-hybridized carbons (Fsp3) is 0.250. The molecule has 3 heteroatoms. The topological polar surface area (TPSA) is 0 Å². The quantitative estimate of drug-likeness (QED) is 0.617. The second-order valence-electron chi connectivity index (χ2n) is 4.69. The van der Waals surface area contributed by atoms with Gasteiger partial charge in [-0.3, -0.25) is 0 Å². The van der Waals surface area contributed by atoms with Crippen LogP contribution in [-0.2, 0) is 6.42 Å². The standard InChI is InChI=1S/C16H15BrClF/c1-11(16(17)12-6-3-2-4-7-12)10-13-14(18)8-5-9-15(13)19/h2-9,11,16H,10H2,1H3. The minimum Gasteiger partial charge on any atom is -0.207 e. The lowest BCUT2D eigenvalue weighted by molar-refractivity contribution is 0.539. The second kappa shape index (κ2) is 6.53. The van der Waals surface area contributed by atoms with Gasteiger partial charge in [-0.1, -0.05) is 70.9 Å². The van der Waals surface area contributed by atoms with Gasteiger partial charge in [0, 0.05) is 15.4 Å². The Morgan fingerprint density at radius 3 is 2.42 bits per heavy atom. The average Bonchev–Trinajstić information content (AvgIpc) is 2.43. The van der Waals surface area contributed by atoms with Gasteiger partial charge in [0.2, 0.25) is 0 Å². The molecule has 0 radical (unpaired) electrons. The van der Waals surface area contributed by atoms with Crippen LogP contribution in [0.1, 0.15) is 22.9 Å². The third kappa shape index (κ3) is 3.58. The van der Waals surface area contributed by atoms with E-state index in [0.717, 1.165) is 0 Å². The third-order valence-electron chi connectivity index (χ3n) is 3.21. The van der Waals surface area contributed by atoms with E-state index in [1.807, 2.05) is 18.2 Å². The van der Waals surface area contributed by atoms with Gasteiger partial charge >= 0.3 is 0 Å². The summed E-state index contributed by atoms with van der Waals surface area (Å²) in [5, 5.41) is 0.500. The first kappa shape index (κ1) is 14.5. The molecule has 2 aromatic carbocycles. The number of hydrogen-bond donors (Lipinski definition) is 0. The van der Waals surface area contributed by atoms with Crippen LogP contribution in [-0.4, -0.2) is 0 Å². The highest BCUT2D eigenvalue weighted by Crippen LogP contribution is 2.34. The summed E-state index contributed by atoms with van der Waals surface area (Å²) in [6.45, 7) is 2.09. The Labute approximate surface area is 126 Å². The largest absolute Gasteiger partial charge is 0.207 e. The van der Waals surface area contributed by atoms with Crippen LogP contribution in [0.5, 0.6) is 0 Å². The zero-order chi connectivity index (χ0) is 13.8. The van der Waals surface area contributed by atoms with Crippen LogP contribution in [0.4, 0.5) is 4.39 Å². The number of halogens is 3. The molecule has 2 aromatic rings. The van der Waals surface area contributed by atoms with Crippen LogP contribution in [0.3, 0.4) is 0 Å². The van der Waals surface area contributed by atoms with Crippen molar-refractivity contribution in [3.05, 3.63) is 70.5 Å². The van der Waals surface area contributed by atoms with E-state index in [4.69, 9.17) is 11.6 Å². The Bertz CT molecular complexity index is 521. The van der Waals surface area contributed by atoms with E-state index in [9.17, 15) is 4.39 Å². The number of rotatable bonds is 4. The number of hydrogen-bond acceptors (Lipinski definition) is 0. The van der Waals surface area contributed by atoms with Gasteiger partial charge in [-0.25, -0.2) is 4.39 Å². The van der Waals surface area contributed by atoms with Gasteiger partial charge in [-0.15, -0.1) is 0 Å². The molecule has 0 bridgehead atoms. The number of alkyl halides is 1. The van der Waals surface area contributed by atoms with E-state index in [2.05, 4.69) is 35.0 Å². The smallest absolute Gasteiger partial charge is 0.127 e. The maximum absolute atomic E-state index is 13.8. The Balaban J connectivity index is 2.15. The molecule has 19 heavy (non-hydrogen) atoms. The predicted octanol–water partition coefficient (Wildman–Crippen LogP) is 5.79. The van der Waals surface area contributed by atoms with E-state index < -0.39 is 0 Å². The zero-order valence-electron chi connectivity index (χ0n) is 10.6. The summed E-state index contributed by atoms with van der Waals surface area (Å²) in [5.41, 5.74) is 1.79. The van der Waals surface area contributed by atoms with Crippen LogP contribution in [0.2, 0.25) is 5.02 Å². The normalized spacial score (nSPS) is 14.1. The minimum absolute atomic E-state index is 0.185. The molecule has 100 valence electrons. The van der Waals surface area contributed by atoms with Gasteiger partial charge in [-0.2, -0.15) is 0 Å². The monoisotopic (exact) mass is 340 g/mol. The Morgan fingerprint density at radius 1 is 1.11 bits per heavy atom. The van der Waals surface area contributed by atoms with Crippen molar-refractivity contribution in [3.63, 3.8) is 0 Å². The van der Waals surface area contributed by atoms with E-state index in [-0.39, 0.29) is 16.6 Å². The lowest BCUT2D eigenvalue weighted by atomic mass is 9.94. The first-order chi connectivity index (χ1) is 9.09. The minimum atomic E-state index is -0.230. The zero-order valence-corrected chi connectivity index (χ0v) is 13.0. The molecule has 0 aromatic heterocycles. The maximum Gasteiger partial charge on any atom is 0.127 e. The molecule has 0 N–H and O–H groups in total. The SMILES string of the molecule is CC(Cc1c(F)cccc1Cl)C(Br)c1ccccc1. The molecule has 2 atom stereocenters. The van der Waals surface area contributed by atoms with Gasteiger partial charge in [0.1, 0.15) is 5.82 Å². The van der Waals surface area contributed by atoms with Crippen molar-refractivity contribution in [3.8, 4) is 0 Å². The molecule has 0 saturated carbocycles. The van der Waals surface area contributed by atoms with Crippen LogP contribution < -0.4 is 0 Å². The van der Waals surface area contributed by atoms with E-state index in [1.165, 1.54) is 11.6 Å². The van der Waals surface area contributed by atoms with Gasteiger partial charge in [0.15, 0.2) is 0 Å². The van der Waals surface area contributed by atoms with Crippen molar-refractivity contribution in [2.24, 2.45) is 5.92 Å². The Kier molecular flexibility index (Phi) is 5.00. The molecule has 0 spiro atoms. The van der Waals surface area contributed by atoms with Crippen molar-refractivity contribution in [1.82, 2.24) is 0 Å². The Morgan fingerprint density at radius 2 is 1.79 bits per heavy atom. The Hall–Kier alpha value is -0.860. The molecule has 0 fully saturated rings. The molecule has 2 rings (SSSR count). The third-order valence-corrected chi connectivity index (χ3v) is 4.99. The average molecular weight is 342 g/mol. The van der Waals surface area contributed by atoms with Crippen molar-refractivity contribution >= 4 is 27.5 Å². The van der Waals surface area contributed by atoms with E-state index in [0.29, 0.717) is 17.0 Å². The first-order valence-electron chi connectivity index (χ1n) is 6.21. The van der Waals surface area contributed by atoms with Crippen LogP contribution in [0.15, 0.2) is 48.5 Å². The fourth-order valence-corrected chi connectivity index (χ4v) is 2.85. The van der Waals surface area contributed by atoms with E-state index >= 15 is 0 Å². The maximum atomic E-state index is 13.8. The molecular formula is C16H15BrClF. The molecule has 0 saturated heterocycles. The van der Waals surface area contributed by atoms with E-state index in [1.54, 1.807) is 12.1 Å². The molecule has 0 aliphatic carbocycles. The summed E-state index contributed by atoms with van der Waals surface area (Å²) in [6, 6.07) is 15.0. The summed E-state index contributed by atoms with van der Waals surface area (Å²) in [6.07, 6.45) is 0.607. The van der Waals surface area contributed by atoms with Gasteiger partial charge in [-0.05, 0) is 30.0 Å². The van der Waals surface area contributed by atoms with Gasteiger partial charge in [0.25, 0.3) is 0 Å². The molecule has 0 amide bonds. The molecule has 0 aliphatic rings. The van der Waals surface area contributed by atoms with Crippen molar-refractivity contribution in [2.45, 2.75) is 18.2 Å². The van der Waals surface area contributed by atoms with Gasteiger partial charge in [0.05, 0.1) is 0 Å². The highest BCUT2D eigenvalue weighted by molar-refractivity contribution is 9.09. The highest BCUT2D eigenvalue weighted by atomic mass is 79.9. The molecule has 0 aliphatic heterocycles. The summed E-state index contributed by atoms with van der Waals surface area (Å²) >= 11 is 9.76. The van der Waals surface area contributed by atoms with Crippen LogP contribution >= 0.6 is 27.5 Å². The summed E-state index contributed by atoms with van der Waals surface area (Å²) in [7, 11) is 0. The summed E-state index contributed by atoms with van der Waals surface area (Å²) in [4.78, 5) is 0.185. The molecular weight excluding hydrogens is 327 g/mol. The van der Waals surface area contributed by atoms with Crippen molar-refractivity contribution in [2.75, 3.05) is 0 Å². The van der Waals surface area contributed by atoms with Crippen molar-refractivity contribution in [1.29, 1.82) is 0 Å². The molecule has 0 nitrogen and oxygen atoms in total. The van der Waals surface area contributed by atoms with Crippen LogP contribution in [0.25, 0.3) is 0 Å². The lowest BCUT2D eigenvalue weighted by Crippen LogP contribution is -2.08. The predicted molar refractivity (Wildman–Crippen MR) is 82.4 cm³/mol. The number of benzene rings is 2. The highest BCUT2D eigenvalue weighted by Gasteiger charge is 2.19. The molecule has 2 unspecified atom stereocenters. The summed E-state index contributed by atoms with van der Waals surface area (Å²) < 4.78 is 13.8.